The van der Waals surface area contributed by atoms with Crippen LogP contribution in [0.3, 0.4) is 0 Å². The summed E-state index contributed by atoms with van der Waals surface area (Å²) in [4.78, 5) is 0. The molecule has 1 aromatic carbocycles. The number of anilines is 1. The van der Waals surface area contributed by atoms with Crippen LogP contribution in [0.25, 0.3) is 11.4 Å². The van der Waals surface area contributed by atoms with Crippen LogP contribution >= 0.6 is 27.5 Å². The van der Waals surface area contributed by atoms with Crippen molar-refractivity contribution in [1.82, 2.24) is 20.6 Å². The first kappa shape index (κ1) is 9.42. The van der Waals surface area contributed by atoms with E-state index in [1.807, 2.05) is 0 Å². The highest BCUT2D eigenvalue weighted by Crippen LogP contribution is 2.32. The molecule has 72 valence electrons. The average Bonchev–Trinajstić information content (AvgIpc) is 2.64. The maximum Gasteiger partial charge on any atom is 0.205 e. The summed E-state index contributed by atoms with van der Waals surface area (Å²) in [5, 5.41) is 14.0. The number of nitrogens with two attached hydrogens (primary N) is 1. The minimum Gasteiger partial charge on any atom is -0.398 e. The van der Waals surface area contributed by atoms with Gasteiger partial charge in [-0.2, -0.15) is 5.21 Å². The zero-order chi connectivity index (χ0) is 10.1. The van der Waals surface area contributed by atoms with Crippen LogP contribution in [0, 0.1) is 0 Å². The molecule has 0 unspecified atom stereocenters. The van der Waals surface area contributed by atoms with E-state index >= 15 is 0 Å². The van der Waals surface area contributed by atoms with Crippen LogP contribution in [0.1, 0.15) is 0 Å². The fraction of sp³-hybridized carbons (Fsp3) is 0. The molecule has 2 aromatic rings. The third-order valence-corrected chi connectivity index (χ3v) is 2.66. The van der Waals surface area contributed by atoms with Crippen LogP contribution in [0.2, 0.25) is 5.02 Å². The Morgan fingerprint density at radius 3 is 2.86 bits per heavy atom. The van der Waals surface area contributed by atoms with Crippen molar-refractivity contribution in [2.45, 2.75) is 0 Å². The summed E-state index contributed by atoms with van der Waals surface area (Å²) in [6, 6.07) is 3.39. The summed E-state index contributed by atoms with van der Waals surface area (Å²) in [5.74, 6) is 0.472. The molecule has 0 atom stereocenters. The molecule has 0 fully saturated rings. The van der Waals surface area contributed by atoms with Gasteiger partial charge in [-0.05, 0) is 33.3 Å². The van der Waals surface area contributed by atoms with E-state index in [0.29, 0.717) is 16.5 Å². The van der Waals surface area contributed by atoms with Gasteiger partial charge in [-0.1, -0.05) is 11.6 Å². The van der Waals surface area contributed by atoms with E-state index in [9.17, 15) is 0 Å². The average molecular weight is 275 g/mol. The van der Waals surface area contributed by atoms with Gasteiger partial charge in [0.15, 0.2) is 0 Å². The van der Waals surface area contributed by atoms with Gasteiger partial charge in [0.2, 0.25) is 5.82 Å². The third kappa shape index (κ3) is 1.58. The zero-order valence-corrected chi connectivity index (χ0v) is 9.17. The molecule has 3 N–H and O–H groups in total. The maximum atomic E-state index is 5.83. The maximum absolute atomic E-state index is 5.83. The highest BCUT2D eigenvalue weighted by atomic mass is 79.9. The molecule has 0 aliphatic heterocycles. The molecule has 0 radical (unpaired) electrons. The summed E-state index contributed by atoms with van der Waals surface area (Å²) in [7, 11) is 0. The number of H-pyrrole nitrogens is 1. The summed E-state index contributed by atoms with van der Waals surface area (Å²) in [6.07, 6.45) is 0. The number of benzene rings is 1. The Morgan fingerprint density at radius 1 is 1.43 bits per heavy atom. The molecule has 7 heteroatoms. The van der Waals surface area contributed by atoms with Crippen molar-refractivity contribution >= 4 is 33.2 Å². The third-order valence-electron chi connectivity index (χ3n) is 1.67. The molecule has 0 saturated heterocycles. The number of nitrogen functional groups attached to an aromatic ring is 1. The molecule has 14 heavy (non-hydrogen) atoms. The predicted octanol–water partition coefficient (Wildman–Crippen LogP) is 1.86. The standard InChI is InChI=1S/C7H5BrClN5/c8-4-2-5(9)6(10)1-3(4)7-11-13-14-12-7/h1-2H,10H2,(H,11,12,13,14). The van der Waals surface area contributed by atoms with Crippen LogP contribution in [0.15, 0.2) is 16.6 Å². The number of hydrogen-bond donors (Lipinski definition) is 2. The van der Waals surface area contributed by atoms with Crippen molar-refractivity contribution in [2.24, 2.45) is 0 Å². The van der Waals surface area contributed by atoms with Gasteiger partial charge in [-0.25, -0.2) is 0 Å². The number of hydrogen-bond acceptors (Lipinski definition) is 4. The van der Waals surface area contributed by atoms with Gasteiger partial charge in [-0.15, -0.1) is 10.2 Å². The lowest BCUT2D eigenvalue weighted by Crippen LogP contribution is -1.90. The Balaban J connectivity index is 2.60. The number of nitrogens with zero attached hydrogens (tertiary/aromatic N) is 3. The summed E-state index contributed by atoms with van der Waals surface area (Å²) < 4.78 is 0.776. The van der Waals surface area contributed by atoms with Gasteiger partial charge in [0.25, 0.3) is 0 Å². The quantitative estimate of drug-likeness (QED) is 0.778. The number of tetrazole rings is 1. The number of rotatable bonds is 1. The van der Waals surface area contributed by atoms with Gasteiger partial charge in [-0.3, -0.25) is 0 Å². The fourth-order valence-electron chi connectivity index (χ4n) is 1.01. The number of halogens is 2. The van der Waals surface area contributed by atoms with E-state index in [0.717, 1.165) is 10.0 Å². The molecule has 0 aliphatic rings. The van der Waals surface area contributed by atoms with Crippen LogP contribution in [0.4, 0.5) is 5.69 Å². The van der Waals surface area contributed by atoms with Crippen molar-refractivity contribution < 1.29 is 0 Å². The molecular weight excluding hydrogens is 269 g/mol. The molecule has 0 aliphatic carbocycles. The van der Waals surface area contributed by atoms with Crippen molar-refractivity contribution in [3.05, 3.63) is 21.6 Å². The number of aromatic nitrogens is 4. The number of aromatic amines is 1. The Kier molecular flexibility index (Phi) is 2.39. The van der Waals surface area contributed by atoms with Gasteiger partial charge >= 0.3 is 0 Å². The van der Waals surface area contributed by atoms with Crippen molar-refractivity contribution in [1.29, 1.82) is 0 Å². The lowest BCUT2D eigenvalue weighted by molar-refractivity contribution is 0.881. The highest BCUT2D eigenvalue weighted by Gasteiger charge is 2.10. The first-order chi connectivity index (χ1) is 6.68. The molecule has 2 rings (SSSR count). The summed E-state index contributed by atoms with van der Waals surface area (Å²) >= 11 is 9.17. The van der Waals surface area contributed by atoms with Crippen LogP contribution in [0.5, 0.6) is 0 Å². The first-order valence-corrected chi connectivity index (χ1v) is 4.84. The monoisotopic (exact) mass is 273 g/mol. The SMILES string of the molecule is Nc1cc(-c2nn[nH]n2)c(Br)cc1Cl. The predicted molar refractivity (Wildman–Crippen MR) is 56.7 cm³/mol. The van der Waals surface area contributed by atoms with E-state index in [2.05, 4.69) is 36.6 Å². The molecule has 1 heterocycles. The van der Waals surface area contributed by atoms with Crippen LogP contribution < -0.4 is 5.73 Å². The van der Waals surface area contributed by atoms with E-state index in [1.165, 1.54) is 0 Å². The Labute approximate surface area is 92.8 Å². The molecule has 1 aromatic heterocycles. The molecule has 5 nitrogen and oxygen atoms in total. The topological polar surface area (TPSA) is 80.5 Å². The Morgan fingerprint density at radius 2 is 2.21 bits per heavy atom. The molecular formula is C7H5BrClN5. The van der Waals surface area contributed by atoms with Crippen molar-refractivity contribution in [3.8, 4) is 11.4 Å². The van der Waals surface area contributed by atoms with Crippen molar-refractivity contribution in [3.63, 3.8) is 0 Å². The van der Waals surface area contributed by atoms with Gasteiger partial charge < -0.3 is 5.73 Å². The lowest BCUT2D eigenvalue weighted by atomic mass is 10.2. The lowest BCUT2D eigenvalue weighted by Gasteiger charge is -2.02. The molecule has 0 bridgehead atoms. The molecule has 0 saturated carbocycles. The normalized spacial score (nSPS) is 10.4. The van der Waals surface area contributed by atoms with E-state index in [4.69, 9.17) is 17.3 Å². The van der Waals surface area contributed by atoms with Gasteiger partial charge in [0.1, 0.15) is 0 Å². The van der Waals surface area contributed by atoms with Crippen LogP contribution in [-0.4, -0.2) is 20.6 Å². The summed E-state index contributed by atoms with van der Waals surface area (Å²) in [6.45, 7) is 0. The minimum absolute atomic E-state index is 0.472. The van der Waals surface area contributed by atoms with E-state index < -0.39 is 0 Å². The minimum atomic E-state index is 0.472. The first-order valence-electron chi connectivity index (χ1n) is 3.67. The van der Waals surface area contributed by atoms with Crippen molar-refractivity contribution in [2.75, 3.05) is 5.73 Å². The van der Waals surface area contributed by atoms with Gasteiger partial charge in [0.05, 0.1) is 10.7 Å². The van der Waals surface area contributed by atoms with Crippen LogP contribution in [-0.2, 0) is 0 Å². The fourth-order valence-corrected chi connectivity index (χ4v) is 1.83. The van der Waals surface area contributed by atoms with E-state index in [-0.39, 0.29) is 0 Å². The molecule has 0 spiro atoms. The van der Waals surface area contributed by atoms with Gasteiger partial charge in [0, 0.05) is 10.0 Å². The second-order valence-corrected chi connectivity index (χ2v) is 3.85. The summed E-state index contributed by atoms with van der Waals surface area (Å²) in [5.41, 5.74) is 6.89. The smallest absolute Gasteiger partial charge is 0.205 e. The number of nitrogens with one attached hydrogen (secondary N) is 1. The van der Waals surface area contributed by atoms with E-state index in [1.54, 1.807) is 12.1 Å². The largest absolute Gasteiger partial charge is 0.398 e. The highest BCUT2D eigenvalue weighted by molar-refractivity contribution is 9.10. The zero-order valence-electron chi connectivity index (χ0n) is 6.83. The Bertz CT molecular complexity index is 455. The Hall–Kier alpha value is -1.14. The second-order valence-electron chi connectivity index (χ2n) is 2.59. The molecule has 0 amide bonds. The second kappa shape index (κ2) is 3.55.